The molecule has 0 spiro atoms. The molecule has 0 amide bonds. The Balaban J connectivity index is 2.85. The lowest BCUT2D eigenvalue weighted by atomic mass is 9.84. The van der Waals surface area contributed by atoms with Gasteiger partial charge in [0.25, 0.3) is 0 Å². The molecule has 0 unspecified atom stereocenters. The molecule has 0 aromatic rings. The van der Waals surface area contributed by atoms with Gasteiger partial charge < -0.3 is 0 Å². The molecule has 0 saturated heterocycles. The van der Waals surface area contributed by atoms with E-state index in [-0.39, 0.29) is 5.41 Å². The lowest BCUT2D eigenvalue weighted by Gasteiger charge is -2.21. The zero-order chi connectivity index (χ0) is 7.78. The van der Waals surface area contributed by atoms with Crippen LogP contribution in [0.4, 0.5) is 0 Å². The zero-order valence-electron chi connectivity index (χ0n) is 7.28. The summed E-state index contributed by atoms with van der Waals surface area (Å²) in [5, 5.41) is 0. The summed E-state index contributed by atoms with van der Waals surface area (Å²) in [5.41, 5.74) is 3.09. The molecule has 0 heterocycles. The summed E-state index contributed by atoms with van der Waals surface area (Å²) >= 11 is 0. The molecule has 0 atom stereocenters. The van der Waals surface area contributed by atoms with Gasteiger partial charge in [-0.3, -0.25) is 0 Å². The molecule has 0 aromatic carbocycles. The number of rotatable bonds is 0. The lowest BCUT2D eigenvalue weighted by molar-refractivity contribution is 0.509. The van der Waals surface area contributed by atoms with Crippen LogP contribution in [-0.2, 0) is 0 Å². The molecule has 10 heavy (non-hydrogen) atoms. The minimum atomic E-state index is 0.289. The number of allylic oxidation sites excluding steroid dienone is 4. The molecule has 0 bridgehead atoms. The summed E-state index contributed by atoms with van der Waals surface area (Å²) in [4.78, 5) is 0. The molecule has 0 N–H and O–H groups in total. The maximum atomic E-state index is 3.37. The Bertz CT molecular complexity index is 187. The van der Waals surface area contributed by atoms with Gasteiger partial charge in [0.1, 0.15) is 0 Å². The third kappa shape index (κ3) is 1.31. The highest BCUT2D eigenvalue weighted by molar-refractivity contribution is 5.36. The molecular weight excluding hydrogens is 120 g/mol. The summed E-state index contributed by atoms with van der Waals surface area (Å²) in [7, 11) is 0. The molecule has 1 radical (unpaired) electrons. The molecule has 1 rings (SSSR count). The highest BCUT2D eigenvalue weighted by Crippen LogP contribution is 2.34. The van der Waals surface area contributed by atoms with Crippen molar-refractivity contribution in [3.8, 4) is 0 Å². The first kappa shape index (κ1) is 7.59. The second-order valence-corrected chi connectivity index (χ2v) is 3.89. The van der Waals surface area contributed by atoms with E-state index >= 15 is 0 Å². The van der Waals surface area contributed by atoms with Crippen molar-refractivity contribution in [1.82, 2.24) is 0 Å². The van der Waals surface area contributed by atoms with Crippen molar-refractivity contribution in [3.63, 3.8) is 0 Å². The first-order chi connectivity index (χ1) is 4.52. The summed E-state index contributed by atoms with van der Waals surface area (Å²) in [6.07, 6.45) is 6.62. The molecule has 0 nitrogen and oxygen atoms in total. The van der Waals surface area contributed by atoms with Crippen LogP contribution >= 0.6 is 0 Å². The Morgan fingerprint density at radius 3 is 2.20 bits per heavy atom. The maximum absolute atomic E-state index is 3.37. The van der Waals surface area contributed by atoms with E-state index in [9.17, 15) is 0 Å². The zero-order valence-corrected chi connectivity index (χ0v) is 7.28. The van der Waals surface area contributed by atoms with E-state index in [0.717, 1.165) is 6.42 Å². The van der Waals surface area contributed by atoms with Crippen molar-refractivity contribution >= 4 is 0 Å². The lowest BCUT2D eigenvalue weighted by Crippen LogP contribution is -2.08. The molecule has 1 aliphatic rings. The Hall–Kier alpha value is -0.520. The Morgan fingerprint density at radius 1 is 1.40 bits per heavy atom. The standard InChI is InChI=1S/C10H15/c1-8-6-5-7-9(8)10(2,3)4/h6H,5H2,1-4H3. The highest BCUT2D eigenvalue weighted by Gasteiger charge is 2.20. The Labute approximate surface area is 63.6 Å². The fourth-order valence-corrected chi connectivity index (χ4v) is 1.40. The van der Waals surface area contributed by atoms with E-state index in [1.54, 1.807) is 0 Å². The van der Waals surface area contributed by atoms with Gasteiger partial charge in [0.05, 0.1) is 0 Å². The fraction of sp³-hybridized carbons (Fsp3) is 0.600. The van der Waals surface area contributed by atoms with Crippen LogP contribution in [0.5, 0.6) is 0 Å². The Kier molecular flexibility index (Phi) is 1.72. The van der Waals surface area contributed by atoms with E-state index in [0.29, 0.717) is 0 Å². The first-order valence-electron chi connectivity index (χ1n) is 3.80. The van der Waals surface area contributed by atoms with Crippen LogP contribution in [0.2, 0.25) is 0 Å². The monoisotopic (exact) mass is 135 g/mol. The Morgan fingerprint density at radius 2 is 2.00 bits per heavy atom. The number of hydrogen-bond acceptors (Lipinski definition) is 0. The van der Waals surface area contributed by atoms with E-state index in [1.807, 2.05) is 0 Å². The minimum Gasteiger partial charge on any atom is -0.0769 e. The minimum absolute atomic E-state index is 0.289. The molecule has 0 saturated carbocycles. The van der Waals surface area contributed by atoms with Crippen LogP contribution < -0.4 is 0 Å². The summed E-state index contributed by atoms with van der Waals surface area (Å²) in [6.45, 7) is 8.87. The normalized spacial score (nSPS) is 18.8. The maximum Gasteiger partial charge on any atom is -0.00856 e. The van der Waals surface area contributed by atoms with E-state index in [2.05, 4.69) is 39.8 Å². The molecule has 0 fully saturated rings. The van der Waals surface area contributed by atoms with Gasteiger partial charge in [-0.15, -0.1) is 0 Å². The van der Waals surface area contributed by atoms with Crippen molar-refractivity contribution in [1.29, 1.82) is 0 Å². The topological polar surface area (TPSA) is 0 Å². The van der Waals surface area contributed by atoms with Gasteiger partial charge >= 0.3 is 0 Å². The molecule has 0 aliphatic heterocycles. The molecule has 1 aliphatic carbocycles. The van der Waals surface area contributed by atoms with Crippen molar-refractivity contribution in [2.24, 2.45) is 5.41 Å². The van der Waals surface area contributed by atoms with Crippen LogP contribution in [0.15, 0.2) is 17.2 Å². The van der Waals surface area contributed by atoms with E-state index < -0.39 is 0 Å². The third-order valence-corrected chi connectivity index (χ3v) is 1.83. The van der Waals surface area contributed by atoms with E-state index in [1.165, 1.54) is 11.1 Å². The van der Waals surface area contributed by atoms with Gasteiger partial charge in [0.2, 0.25) is 0 Å². The van der Waals surface area contributed by atoms with E-state index in [4.69, 9.17) is 0 Å². The number of hydrogen-bond donors (Lipinski definition) is 0. The fourth-order valence-electron chi connectivity index (χ4n) is 1.40. The summed E-state index contributed by atoms with van der Waals surface area (Å²) < 4.78 is 0. The molecule has 0 aromatic heterocycles. The smallest absolute Gasteiger partial charge is 0.00856 e. The van der Waals surface area contributed by atoms with Crippen molar-refractivity contribution in [2.75, 3.05) is 0 Å². The highest BCUT2D eigenvalue weighted by atomic mass is 14.2. The van der Waals surface area contributed by atoms with Crippen LogP contribution in [0, 0.1) is 11.5 Å². The van der Waals surface area contributed by atoms with Gasteiger partial charge in [-0.1, -0.05) is 32.4 Å². The van der Waals surface area contributed by atoms with Crippen molar-refractivity contribution < 1.29 is 0 Å². The largest absolute Gasteiger partial charge is 0.0769 e. The van der Waals surface area contributed by atoms with Gasteiger partial charge in [-0.25, -0.2) is 0 Å². The van der Waals surface area contributed by atoms with Gasteiger partial charge in [-0.2, -0.15) is 0 Å². The van der Waals surface area contributed by atoms with Crippen LogP contribution in [0.1, 0.15) is 34.1 Å². The van der Waals surface area contributed by atoms with Gasteiger partial charge in [-0.05, 0) is 30.4 Å². The predicted molar refractivity (Wildman–Crippen MR) is 44.6 cm³/mol. The van der Waals surface area contributed by atoms with Crippen molar-refractivity contribution in [3.05, 3.63) is 23.3 Å². The molecular formula is C10H15. The van der Waals surface area contributed by atoms with Crippen molar-refractivity contribution in [2.45, 2.75) is 34.1 Å². The first-order valence-corrected chi connectivity index (χ1v) is 3.80. The van der Waals surface area contributed by atoms with Crippen LogP contribution in [-0.4, -0.2) is 0 Å². The average molecular weight is 135 g/mol. The summed E-state index contributed by atoms with van der Waals surface area (Å²) in [6, 6.07) is 0. The van der Waals surface area contributed by atoms with Crippen LogP contribution in [0.3, 0.4) is 0 Å². The summed E-state index contributed by atoms with van der Waals surface area (Å²) in [5.74, 6) is 0. The predicted octanol–water partition coefficient (Wildman–Crippen LogP) is 3.11. The molecule has 0 heteroatoms. The average Bonchev–Trinajstić information content (AvgIpc) is 2.11. The molecule has 55 valence electrons. The van der Waals surface area contributed by atoms with Gasteiger partial charge in [0.15, 0.2) is 0 Å². The third-order valence-electron chi connectivity index (χ3n) is 1.83. The second kappa shape index (κ2) is 2.26. The SMILES string of the molecule is CC1=CC[C]=C1C(C)(C)C. The van der Waals surface area contributed by atoms with Gasteiger partial charge in [0, 0.05) is 0 Å². The second-order valence-electron chi connectivity index (χ2n) is 3.89. The quantitative estimate of drug-likeness (QED) is 0.478. The van der Waals surface area contributed by atoms with Crippen LogP contribution in [0.25, 0.3) is 0 Å².